The molecular formula is C10H23N3O. The minimum absolute atomic E-state index is 0.253. The minimum atomic E-state index is 0.253. The summed E-state index contributed by atoms with van der Waals surface area (Å²) in [6.07, 6.45) is 1.97. The van der Waals surface area contributed by atoms with Crippen LogP contribution in [-0.2, 0) is 0 Å². The molecule has 4 nitrogen and oxygen atoms in total. The summed E-state index contributed by atoms with van der Waals surface area (Å²) in [5.41, 5.74) is 5.61. The van der Waals surface area contributed by atoms with Crippen molar-refractivity contribution in [3.05, 3.63) is 0 Å². The molecule has 0 fully saturated rings. The molecule has 0 aliphatic carbocycles. The van der Waals surface area contributed by atoms with Crippen molar-refractivity contribution in [2.24, 2.45) is 16.6 Å². The third-order valence-corrected chi connectivity index (χ3v) is 1.89. The number of nitrogens with zero attached hydrogens (tertiary/aromatic N) is 1. The highest BCUT2D eigenvalue weighted by Gasteiger charge is 1.99. The van der Waals surface area contributed by atoms with E-state index in [4.69, 9.17) is 10.8 Å². The molecule has 0 aliphatic rings. The van der Waals surface area contributed by atoms with E-state index in [1.165, 1.54) is 0 Å². The first-order chi connectivity index (χ1) is 6.56. The zero-order chi connectivity index (χ0) is 11.0. The third kappa shape index (κ3) is 7.86. The van der Waals surface area contributed by atoms with Gasteiger partial charge in [-0.25, -0.2) is 0 Å². The van der Waals surface area contributed by atoms with Crippen molar-refractivity contribution in [3.8, 4) is 0 Å². The third-order valence-electron chi connectivity index (χ3n) is 1.89. The van der Waals surface area contributed by atoms with E-state index in [9.17, 15) is 0 Å². The van der Waals surface area contributed by atoms with E-state index in [-0.39, 0.29) is 6.61 Å². The lowest BCUT2D eigenvalue weighted by Gasteiger charge is -2.09. The van der Waals surface area contributed by atoms with Gasteiger partial charge < -0.3 is 16.2 Å². The van der Waals surface area contributed by atoms with E-state index in [1.807, 2.05) is 20.8 Å². The smallest absolute Gasteiger partial charge is 0.188 e. The maximum Gasteiger partial charge on any atom is 0.188 e. The van der Waals surface area contributed by atoms with Crippen LogP contribution in [0.5, 0.6) is 0 Å². The lowest BCUT2D eigenvalue weighted by molar-refractivity contribution is 0.229. The molecule has 4 heteroatoms. The molecule has 0 spiro atoms. The molecule has 1 unspecified atom stereocenters. The first-order valence-corrected chi connectivity index (χ1v) is 5.23. The maximum atomic E-state index is 8.79. The van der Waals surface area contributed by atoms with Crippen LogP contribution in [0, 0.1) is 5.92 Å². The molecule has 0 rings (SSSR count). The molecular weight excluding hydrogens is 178 g/mol. The Morgan fingerprint density at radius 1 is 1.43 bits per heavy atom. The Bertz CT molecular complexity index is 169. The molecule has 0 bridgehead atoms. The SMILES string of the molecule is CC(CO)CCCN=C(N)NC(C)C. The molecule has 0 aromatic heterocycles. The molecule has 4 N–H and O–H groups in total. The number of guanidine groups is 1. The van der Waals surface area contributed by atoms with Crippen LogP contribution >= 0.6 is 0 Å². The number of hydrogen-bond donors (Lipinski definition) is 3. The molecule has 0 aromatic rings. The van der Waals surface area contributed by atoms with E-state index in [1.54, 1.807) is 0 Å². The molecule has 0 aromatic carbocycles. The Balaban J connectivity index is 3.50. The van der Waals surface area contributed by atoms with E-state index in [0.29, 0.717) is 17.9 Å². The second-order valence-electron chi connectivity index (χ2n) is 4.00. The van der Waals surface area contributed by atoms with E-state index >= 15 is 0 Å². The van der Waals surface area contributed by atoms with Crippen molar-refractivity contribution in [2.75, 3.05) is 13.2 Å². The Morgan fingerprint density at radius 3 is 2.57 bits per heavy atom. The van der Waals surface area contributed by atoms with Crippen LogP contribution in [0.25, 0.3) is 0 Å². The zero-order valence-corrected chi connectivity index (χ0v) is 9.45. The minimum Gasteiger partial charge on any atom is -0.396 e. The van der Waals surface area contributed by atoms with Crippen molar-refractivity contribution in [2.45, 2.75) is 39.7 Å². The Labute approximate surface area is 86.6 Å². The predicted molar refractivity (Wildman–Crippen MR) is 60.2 cm³/mol. The van der Waals surface area contributed by atoms with Gasteiger partial charge in [-0.2, -0.15) is 0 Å². The van der Waals surface area contributed by atoms with E-state index < -0.39 is 0 Å². The summed E-state index contributed by atoms with van der Waals surface area (Å²) in [5, 5.41) is 11.8. The molecule has 0 aliphatic heterocycles. The molecule has 0 saturated carbocycles. The quantitative estimate of drug-likeness (QED) is 0.337. The fraction of sp³-hybridized carbons (Fsp3) is 0.900. The Kier molecular flexibility index (Phi) is 7.20. The van der Waals surface area contributed by atoms with Gasteiger partial charge in [0.2, 0.25) is 0 Å². The van der Waals surface area contributed by atoms with Crippen LogP contribution in [0.3, 0.4) is 0 Å². The highest BCUT2D eigenvalue weighted by molar-refractivity contribution is 5.77. The van der Waals surface area contributed by atoms with Crippen LogP contribution in [0.15, 0.2) is 4.99 Å². The van der Waals surface area contributed by atoms with Gasteiger partial charge in [-0.15, -0.1) is 0 Å². The largest absolute Gasteiger partial charge is 0.396 e. The molecule has 0 heterocycles. The first-order valence-electron chi connectivity index (χ1n) is 5.23. The molecule has 1 atom stereocenters. The summed E-state index contributed by atoms with van der Waals surface area (Å²) in [4.78, 5) is 4.17. The first kappa shape index (κ1) is 13.2. The van der Waals surface area contributed by atoms with Crippen molar-refractivity contribution >= 4 is 5.96 Å². The van der Waals surface area contributed by atoms with Gasteiger partial charge in [-0.3, -0.25) is 4.99 Å². The molecule has 14 heavy (non-hydrogen) atoms. The van der Waals surface area contributed by atoms with Gasteiger partial charge in [0, 0.05) is 19.2 Å². The summed E-state index contributed by atoms with van der Waals surface area (Å²) in [6.45, 7) is 7.06. The van der Waals surface area contributed by atoms with E-state index in [2.05, 4.69) is 10.3 Å². The van der Waals surface area contributed by atoms with Crippen LogP contribution in [0.1, 0.15) is 33.6 Å². The summed E-state index contributed by atoms with van der Waals surface area (Å²) >= 11 is 0. The summed E-state index contributed by atoms with van der Waals surface area (Å²) in [7, 11) is 0. The Hall–Kier alpha value is -0.770. The second-order valence-corrected chi connectivity index (χ2v) is 4.00. The lowest BCUT2D eigenvalue weighted by Crippen LogP contribution is -2.36. The number of rotatable bonds is 6. The predicted octanol–water partition coefficient (Wildman–Crippen LogP) is 0.708. The van der Waals surface area contributed by atoms with Gasteiger partial charge in [0.05, 0.1) is 0 Å². The highest BCUT2D eigenvalue weighted by atomic mass is 16.3. The van der Waals surface area contributed by atoms with Crippen molar-refractivity contribution in [1.29, 1.82) is 0 Å². The number of aliphatic hydroxyl groups is 1. The van der Waals surface area contributed by atoms with Crippen molar-refractivity contribution in [3.63, 3.8) is 0 Å². The van der Waals surface area contributed by atoms with Gasteiger partial charge >= 0.3 is 0 Å². The zero-order valence-electron chi connectivity index (χ0n) is 9.45. The highest BCUT2D eigenvalue weighted by Crippen LogP contribution is 2.03. The lowest BCUT2D eigenvalue weighted by atomic mass is 10.1. The number of aliphatic hydroxyl groups excluding tert-OH is 1. The molecule has 0 saturated heterocycles. The van der Waals surface area contributed by atoms with Crippen LogP contribution in [0.4, 0.5) is 0 Å². The van der Waals surface area contributed by atoms with Crippen molar-refractivity contribution in [1.82, 2.24) is 5.32 Å². The average Bonchev–Trinajstić information content (AvgIpc) is 2.10. The molecule has 0 amide bonds. The fourth-order valence-electron chi connectivity index (χ4n) is 1.07. The van der Waals surface area contributed by atoms with Gasteiger partial charge in [0.25, 0.3) is 0 Å². The van der Waals surface area contributed by atoms with Crippen molar-refractivity contribution < 1.29 is 5.11 Å². The van der Waals surface area contributed by atoms with Gasteiger partial charge in [0.1, 0.15) is 0 Å². The van der Waals surface area contributed by atoms with Crippen LogP contribution in [0.2, 0.25) is 0 Å². The van der Waals surface area contributed by atoms with E-state index in [0.717, 1.165) is 19.4 Å². The number of nitrogens with one attached hydrogen (secondary N) is 1. The van der Waals surface area contributed by atoms with Crippen LogP contribution in [-0.4, -0.2) is 30.3 Å². The molecule has 0 radical (unpaired) electrons. The molecule has 84 valence electrons. The summed E-state index contributed by atoms with van der Waals surface area (Å²) in [5.74, 6) is 0.876. The fourth-order valence-corrected chi connectivity index (χ4v) is 1.07. The standard InChI is InChI=1S/C10H23N3O/c1-8(2)13-10(11)12-6-4-5-9(3)7-14/h8-9,14H,4-7H2,1-3H3,(H3,11,12,13). The topological polar surface area (TPSA) is 70.6 Å². The summed E-state index contributed by atoms with van der Waals surface area (Å²) in [6, 6.07) is 0.329. The number of nitrogens with two attached hydrogens (primary N) is 1. The van der Waals surface area contributed by atoms with Gasteiger partial charge in [0.15, 0.2) is 5.96 Å². The maximum absolute atomic E-state index is 8.79. The Morgan fingerprint density at radius 2 is 2.07 bits per heavy atom. The average molecular weight is 201 g/mol. The monoisotopic (exact) mass is 201 g/mol. The second kappa shape index (κ2) is 7.62. The summed E-state index contributed by atoms with van der Waals surface area (Å²) < 4.78 is 0. The van der Waals surface area contributed by atoms with Crippen LogP contribution < -0.4 is 11.1 Å². The number of aliphatic imine (C=N–C) groups is 1. The number of hydrogen-bond acceptors (Lipinski definition) is 2. The van der Waals surface area contributed by atoms with Gasteiger partial charge in [-0.1, -0.05) is 6.92 Å². The van der Waals surface area contributed by atoms with Gasteiger partial charge in [-0.05, 0) is 32.6 Å². The normalized spacial score (nSPS) is 14.5.